The first-order valence-electron chi connectivity index (χ1n) is 8.37. The molecule has 9 nitrogen and oxygen atoms in total. The van der Waals surface area contributed by atoms with E-state index in [0.717, 1.165) is 0 Å². The Hall–Kier alpha value is -1.96. The van der Waals surface area contributed by atoms with Crippen molar-refractivity contribution in [2.45, 2.75) is 37.3 Å². The molecule has 0 spiro atoms. The van der Waals surface area contributed by atoms with Crippen LogP contribution in [0.2, 0.25) is 0 Å². The fraction of sp³-hybridized carbons (Fsp3) is 0.643. The smallest absolute Gasteiger partial charge is 0.382 e. The summed E-state index contributed by atoms with van der Waals surface area (Å²) in [5.41, 5.74) is 5.38. The number of ether oxygens (including phenoxy) is 1. The number of aromatic nitrogens is 4. The van der Waals surface area contributed by atoms with Gasteiger partial charge in [0.25, 0.3) is 0 Å². The lowest BCUT2D eigenvalue weighted by Crippen LogP contribution is -2.25. The van der Waals surface area contributed by atoms with Crippen molar-refractivity contribution in [2.24, 2.45) is 0 Å². The average Bonchev–Trinajstić information content (AvgIpc) is 3.28. The van der Waals surface area contributed by atoms with Crippen LogP contribution in [0.25, 0.3) is 11.2 Å². The van der Waals surface area contributed by atoms with Crippen LogP contribution in [0.4, 0.5) is 32.2 Å². The van der Waals surface area contributed by atoms with E-state index in [0.29, 0.717) is 24.0 Å². The molecular formula is C14H16F6N5O4P. The summed E-state index contributed by atoms with van der Waals surface area (Å²) in [7, 11) is -4.85. The van der Waals surface area contributed by atoms with Crippen LogP contribution in [-0.4, -0.2) is 57.0 Å². The van der Waals surface area contributed by atoms with Gasteiger partial charge >= 0.3 is 19.9 Å². The fourth-order valence-corrected chi connectivity index (χ4v) is 3.83. The third-order valence-electron chi connectivity index (χ3n) is 4.07. The third-order valence-corrected chi connectivity index (χ3v) is 5.56. The van der Waals surface area contributed by atoms with Gasteiger partial charge in [-0.25, -0.2) is 15.0 Å². The zero-order valence-electron chi connectivity index (χ0n) is 15.1. The summed E-state index contributed by atoms with van der Waals surface area (Å²) in [5.74, 6) is 0.134. The summed E-state index contributed by atoms with van der Waals surface area (Å²) in [6.45, 7) is -3.99. The molecule has 2 aromatic rings. The van der Waals surface area contributed by atoms with E-state index in [2.05, 4.69) is 24.0 Å². The van der Waals surface area contributed by atoms with Crippen LogP contribution in [-0.2, 0) is 24.9 Å². The minimum Gasteiger partial charge on any atom is -0.382 e. The Bertz CT molecular complexity index is 923. The molecule has 0 bridgehead atoms. The molecule has 0 radical (unpaired) electrons. The van der Waals surface area contributed by atoms with Crippen LogP contribution in [0.1, 0.15) is 12.8 Å². The first-order chi connectivity index (χ1) is 13.8. The SMILES string of the molecule is Nc1ncnc2c1ncn2CC1(OCP(=O)(OCC(F)(F)F)OCC(F)(F)F)CC1. The van der Waals surface area contributed by atoms with Gasteiger partial charge in [0, 0.05) is 0 Å². The van der Waals surface area contributed by atoms with Crippen LogP contribution in [0.3, 0.4) is 0 Å². The van der Waals surface area contributed by atoms with Gasteiger partial charge in [-0.2, -0.15) is 26.3 Å². The second kappa shape index (κ2) is 7.94. The van der Waals surface area contributed by atoms with Gasteiger partial charge < -0.3 is 15.0 Å². The van der Waals surface area contributed by atoms with Crippen LogP contribution in [0.5, 0.6) is 0 Å². The predicted octanol–water partition coefficient (Wildman–Crippen LogP) is 3.27. The fourth-order valence-electron chi connectivity index (χ4n) is 2.48. The van der Waals surface area contributed by atoms with E-state index in [9.17, 15) is 30.9 Å². The minimum absolute atomic E-state index is 0.0957. The Labute approximate surface area is 165 Å². The van der Waals surface area contributed by atoms with Gasteiger partial charge in [-0.1, -0.05) is 0 Å². The molecule has 0 saturated heterocycles. The summed E-state index contributed by atoms with van der Waals surface area (Å²) < 4.78 is 102. The van der Waals surface area contributed by atoms with Gasteiger partial charge in [0.1, 0.15) is 18.2 Å². The highest BCUT2D eigenvalue weighted by atomic mass is 31.2. The lowest BCUT2D eigenvalue weighted by Gasteiger charge is -2.23. The predicted molar refractivity (Wildman–Crippen MR) is 89.3 cm³/mol. The average molecular weight is 463 g/mol. The summed E-state index contributed by atoms with van der Waals surface area (Å²) in [5, 5.41) is 0. The zero-order chi connectivity index (χ0) is 22.2. The summed E-state index contributed by atoms with van der Waals surface area (Å²) >= 11 is 0. The molecule has 30 heavy (non-hydrogen) atoms. The van der Waals surface area contributed by atoms with Crippen molar-refractivity contribution in [3.05, 3.63) is 12.7 Å². The highest BCUT2D eigenvalue weighted by Gasteiger charge is 2.48. The molecular weight excluding hydrogens is 447 g/mol. The Morgan fingerprint density at radius 1 is 1.07 bits per heavy atom. The molecule has 0 aromatic carbocycles. The van der Waals surface area contributed by atoms with E-state index < -0.39 is 45.1 Å². The zero-order valence-corrected chi connectivity index (χ0v) is 16.0. The maximum Gasteiger partial charge on any atom is 0.412 e. The van der Waals surface area contributed by atoms with Crippen molar-refractivity contribution in [1.82, 2.24) is 19.5 Å². The van der Waals surface area contributed by atoms with Gasteiger partial charge in [-0.3, -0.25) is 13.6 Å². The summed E-state index contributed by atoms with van der Waals surface area (Å²) in [6.07, 6.45) is -7.49. The van der Waals surface area contributed by atoms with Crippen LogP contribution >= 0.6 is 7.60 Å². The number of imidazole rings is 1. The molecule has 1 aliphatic carbocycles. The van der Waals surface area contributed by atoms with Crippen molar-refractivity contribution in [3.8, 4) is 0 Å². The summed E-state index contributed by atoms with van der Waals surface area (Å²) in [6, 6.07) is 0. The molecule has 2 heterocycles. The standard InChI is InChI=1S/C14H16F6N5O4P/c15-13(16,17)4-28-30(26,29-5-14(18,19)20)8-27-12(1-2-12)3-25-7-24-9-10(21)22-6-23-11(9)25/h6-7H,1-5,8H2,(H2,21,22,23). The quantitative estimate of drug-likeness (QED) is 0.445. The van der Waals surface area contributed by atoms with Crippen molar-refractivity contribution in [1.29, 1.82) is 0 Å². The Balaban J connectivity index is 1.68. The Morgan fingerprint density at radius 2 is 1.67 bits per heavy atom. The maximum absolute atomic E-state index is 12.4. The van der Waals surface area contributed by atoms with Crippen molar-refractivity contribution in [2.75, 3.05) is 25.3 Å². The number of nitrogens with zero attached hydrogens (tertiary/aromatic N) is 4. The number of halogens is 6. The number of hydrogen-bond acceptors (Lipinski definition) is 8. The first kappa shape index (κ1) is 22.7. The van der Waals surface area contributed by atoms with E-state index in [1.165, 1.54) is 12.7 Å². The number of alkyl halides is 6. The number of rotatable bonds is 9. The van der Waals surface area contributed by atoms with Crippen LogP contribution in [0.15, 0.2) is 12.7 Å². The lowest BCUT2D eigenvalue weighted by molar-refractivity contribution is -0.166. The highest BCUT2D eigenvalue weighted by molar-refractivity contribution is 7.53. The van der Waals surface area contributed by atoms with E-state index >= 15 is 0 Å². The molecule has 168 valence electrons. The Kier molecular flexibility index (Phi) is 6.02. The van der Waals surface area contributed by atoms with Crippen molar-refractivity contribution >= 4 is 24.6 Å². The summed E-state index contributed by atoms with van der Waals surface area (Å²) in [4.78, 5) is 11.9. The second-order valence-electron chi connectivity index (χ2n) is 6.65. The molecule has 0 aliphatic heterocycles. The lowest BCUT2D eigenvalue weighted by atomic mass is 10.3. The Morgan fingerprint density at radius 3 is 2.20 bits per heavy atom. The molecule has 3 rings (SSSR count). The number of nitrogens with two attached hydrogens (primary N) is 1. The number of anilines is 1. The van der Waals surface area contributed by atoms with Crippen molar-refractivity contribution in [3.63, 3.8) is 0 Å². The molecule has 1 saturated carbocycles. The molecule has 2 aromatic heterocycles. The van der Waals surface area contributed by atoms with Crippen LogP contribution in [0, 0.1) is 0 Å². The van der Waals surface area contributed by atoms with Gasteiger partial charge in [-0.05, 0) is 12.8 Å². The number of fused-ring (bicyclic) bond motifs is 1. The largest absolute Gasteiger partial charge is 0.412 e. The minimum atomic E-state index is -4.91. The highest BCUT2D eigenvalue weighted by Crippen LogP contribution is 2.53. The molecule has 0 unspecified atom stereocenters. The van der Waals surface area contributed by atoms with Crippen molar-refractivity contribution < 1.29 is 44.7 Å². The van der Waals surface area contributed by atoms with E-state index in [4.69, 9.17) is 10.5 Å². The molecule has 1 aliphatic rings. The molecule has 16 heteroatoms. The molecule has 0 atom stereocenters. The van der Waals surface area contributed by atoms with E-state index in [1.807, 2.05) is 0 Å². The monoisotopic (exact) mass is 463 g/mol. The maximum atomic E-state index is 12.4. The van der Waals surface area contributed by atoms with Gasteiger partial charge in [0.05, 0.1) is 18.5 Å². The first-order valence-corrected chi connectivity index (χ1v) is 10.1. The molecule has 0 amide bonds. The molecule has 1 fully saturated rings. The van der Waals surface area contributed by atoms with Gasteiger partial charge in [0.2, 0.25) is 0 Å². The van der Waals surface area contributed by atoms with E-state index in [1.54, 1.807) is 4.57 Å². The normalized spacial score (nSPS) is 16.9. The number of nitrogen functional groups attached to an aromatic ring is 1. The third kappa shape index (κ3) is 6.03. The second-order valence-corrected chi connectivity index (χ2v) is 8.64. The topological polar surface area (TPSA) is 114 Å². The van der Waals surface area contributed by atoms with E-state index in [-0.39, 0.29) is 12.4 Å². The van der Waals surface area contributed by atoms with Crippen LogP contribution < -0.4 is 5.73 Å². The van der Waals surface area contributed by atoms with Gasteiger partial charge in [0.15, 0.2) is 24.7 Å². The number of hydrogen-bond donors (Lipinski definition) is 1. The van der Waals surface area contributed by atoms with Gasteiger partial charge in [-0.15, -0.1) is 0 Å². The molecule has 2 N–H and O–H groups in total.